The zero-order chi connectivity index (χ0) is 53.4. The fourth-order valence-corrected chi connectivity index (χ4v) is 9.95. The van der Waals surface area contributed by atoms with Crippen LogP contribution >= 0.6 is 0 Å². The van der Waals surface area contributed by atoms with Gasteiger partial charge in [0.2, 0.25) is 5.91 Å². The number of amides is 1. The first-order chi connectivity index (χ1) is 36.7. The summed E-state index contributed by atoms with van der Waals surface area (Å²) >= 11 is 0. The van der Waals surface area contributed by atoms with Gasteiger partial charge in [-0.2, -0.15) is 0 Å². The molecule has 0 aliphatic carbocycles. The number of carbonyl (C=O) groups excluding carboxylic acids is 1. The van der Waals surface area contributed by atoms with Gasteiger partial charge in [0.15, 0.2) is 0 Å². The van der Waals surface area contributed by atoms with E-state index in [4.69, 9.17) is 0 Å². The topological polar surface area (TPSA) is 69.6 Å². The molecule has 0 spiro atoms. The minimum atomic E-state index is -0.841. The van der Waals surface area contributed by atoms with Crippen LogP contribution in [0.25, 0.3) is 0 Å². The maximum Gasteiger partial charge on any atom is 0.220 e. The van der Waals surface area contributed by atoms with E-state index >= 15 is 0 Å². The van der Waals surface area contributed by atoms with Crippen LogP contribution in [-0.2, 0) is 4.79 Å². The van der Waals surface area contributed by atoms with Gasteiger partial charge in [0.05, 0.1) is 18.8 Å². The molecule has 4 nitrogen and oxygen atoms in total. The van der Waals surface area contributed by atoms with Gasteiger partial charge in [-0.1, -0.05) is 343 Å². The van der Waals surface area contributed by atoms with Crippen molar-refractivity contribution in [3.8, 4) is 0 Å². The Labute approximate surface area is 462 Å². The summed E-state index contributed by atoms with van der Waals surface area (Å²) in [5.41, 5.74) is 0. The standard InChI is InChI=1S/C70H127NO3/c1-3-5-7-9-11-13-15-17-19-21-23-25-26-27-28-29-30-31-32-33-34-35-36-37-38-39-40-41-42-43-44-46-48-50-52-54-56-58-60-62-64-66-70(74)71-68(67-72)69(73)65-63-61-59-57-55-53-51-49-47-45-24-22-20-18-16-14-12-10-8-6-4-2/h5,7,11,13,17,19,23,25,27-28,30-31,63,65,68-69,72-73H,3-4,6,8-10,12,14-16,18,20-22,24,26,29,32-62,64,66-67H2,1-2H3,(H,71,74)/b7-5-,13-11-,19-17-,25-23-,28-27-,31-30-,65-63+. The molecule has 0 aliphatic rings. The lowest BCUT2D eigenvalue weighted by Crippen LogP contribution is -2.45. The van der Waals surface area contributed by atoms with Gasteiger partial charge in [0.1, 0.15) is 0 Å². The number of aliphatic hydroxyl groups is 2. The molecule has 2 atom stereocenters. The fraction of sp³-hybridized carbons (Fsp3) is 0.786. The second-order valence-corrected chi connectivity index (χ2v) is 22.2. The summed E-state index contributed by atoms with van der Waals surface area (Å²) in [4.78, 5) is 12.5. The van der Waals surface area contributed by atoms with Crippen molar-refractivity contribution in [2.24, 2.45) is 0 Å². The van der Waals surface area contributed by atoms with Crippen molar-refractivity contribution in [1.29, 1.82) is 0 Å². The van der Waals surface area contributed by atoms with E-state index in [0.29, 0.717) is 6.42 Å². The summed E-state index contributed by atoms with van der Waals surface area (Å²) in [6, 6.07) is -0.624. The van der Waals surface area contributed by atoms with Crippen molar-refractivity contribution in [1.82, 2.24) is 5.32 Å². The normalized spacial score (nSPS) is 13.3. The number of rotatable bonds is 60. The maximum absolute atomic E-state index is 12.5. The van der Waals surface area contributed by atoms with Crippen LogP contribution in [0.15, 0.2) is 85.1 Å². The lowest BCUT2D eigenvalue weighted by Gasteiger charge is -2.20. The van der Waals surface area contributed by atoms with Crippen LogP contribution in [-0.4, -0.2) is 34.9 Å². The van der Waals surface area contributed by atoms with Crippen LogP contribution in [0.3, 0.4) is 0 Å². The molecule has 0 radical (unpaired) electrons. The second-order valence-electron chi connectivity index (χ2n) is 22.2. The van der Waals surface area contributed by atoms with Crippen LogP contribution in [0.2, 0.25) is 0 Å². The first-order valence-corrected chi connectivity index (χ1v) is 32.8. The highest BCUT2D eigenvalue weighted by molar-refractivity contribution is 5.76. The van der Waals surface area contributed by atoms with Crippen molar-refractivity contribution in [3.63, 3.8) is 0 Å². The molecule has 0 aromatic rings. The van der Waals surface area contributed by atoms with Crippen LogP contribution in [0.5, 0.6) is 0 Å². The monoisotopic (exact) mass is 1030 g/mol. The molecule has 2 unspecified atom stereocenters. The van der Waals surface area contributed by atoms with Gasteiger partial charge in [-0.25, -0.2) is 0 Å². The first-order valence-electron chi connectivity index (χ1n) is 32.8. The zero-order valence-corrected chi connectivity index (χ0v) is 49.6. The van der Waals surface area contributed by atoms with Crippen LogP contribution in [0, 0.1) is 0 Å². The lowest BCUT2D eigenvalue weighted by molar-refractivity contribution is -0.123. The van der Waals surface area contributed by atoms with E-state index in [1.165, 1.54) is 250 Å². The molecular weight excluding hydrogens is 903 g/mol. The van der Waals surface area contributed by atoms with Crippen LogP contribution in [0.4, 0.5) is 0 Å². The summed E-state index contributed by atoms with van der Waals surface area (Å²) in [6.07, 6.45) is 95.0. The van der Waals surface area contributed by atoms with Gasteiger partial charge >= 0.3 is 0 Å². The molecule has 0 rings (SSSR count). The minimum Gasteiger partial charge on any atom is -0.394 e. The Hall–Kier alpha value is -2.43. The fourth-order valence-electron chi connectivity index (χ4n) is 9.95. The summed E-state index contributed by atoms with van der Waals surface area (Å²) < 4.78 is 0. The van der Waals surface area contributed by atoms with E-state index < -0.39 is 12.1 Å². The second kappa shape index (κ2) is 64.9. The third-order valence-corrected chi connectivity index (χ3v) is 14.9. The third-order valence-electron chi connectivity index (χ3n) is 14.9. The van der Waals surface area contributed by atoms with Gasteiger partial charge in [-0.15, -0.1) is 0 Å². The van der Waals surface area contributed by atoms with E-state index in [9.17, 15) is 15.0 Å². The number of aliphatic hydroxyl groups excluding tert-OH is 2. The number of hydrogen-bond donors (Lipinski definition) is 3. The molecule has 430 valence electrons. The van der Waals surface area contributed by atoms with Crippen molar-refractivity contribution in [3.05, 3.63) is 85.1 Å². The predicted octanol–water partition coefficient (Wildman–Crippen LogP) is 22.3. The smallest absolute Gasteiger partial charge is 0.220 e. The average Bonchev–Trinajstić information content (AvgIpc) is 3.40. The zero-order valence-electron chi connectivity index (χ0n) is 49.6. The van der Waals surface area contributed by atoms with E-state index in [-0.39, 0.29) is 12.5 Å². The molecule has 0 saturated heterocycles. The molecule has 0 fully saturated rings. The van der Waals surface area contributed by atoms with E-state index in [1.54, 1.807) is 6.08 Å². The molecule has 0 heterocycles. The predicted molar refractivity (Wildman–Crippen MR) is 331 cm³/mol. The Bertz CT molecular complexity index is 1310. The first kappa shape index (κ1) is 71.6. The van der Waals surface area contributed by atoms with Crippen molar-refractivity contribution in [2.75, 3.05) is 6.61 Å². The minimum absolute atomic E-state index is 0.0592. The molecule has 0 aromatic heterocycles. The Morgan fingerprint density at radius 1 is 0.338 bits per heavy atom. The summed E-state index contributed by atoms with van der Waals surface area (Å²) in [7, 11) is 0. The van der Waals surface area contributed by atoms with E-state index in [1.807, 2.05) is 6.08 Å². The Kier molecular flexibility index (Phi) is 62.7. The SMILES string of the molecule is CC/C=C\C/C=C\C/C=C\C/C=C\C/C=C\C/C=C\CCCCCCCCCCCCCCCCCCCCCCCCC(=O)NC(CO)C(O)/C=C/CCCCCCCCCCCCCCCCCCCCC. The van der Waals surface area contributed by atoms with Crippen molar-refractivity contribution in [2.45, 2.75) is 347 Å². The third kappa shape index (κ3) is 60.4. The molecule has 0 saturated carbocycles. The van der Waals surface area contributed by atoms with Crippen LogP contribution < -0.4 is 5.32 Å². The van der Waals surface area contributed by atoms with Gasteiger partial charge in [-0.3, -0.25) is 4.79 Å². The number of allylic oxidation sites excluding steroid dienone is 13. The molecule has 0 aliphatic heterocycles. The Morgan fingerprint density at radius 3 is 0.892 bits per heavy atom. The Morgan fingerprint density at radius 2 is 0.595 bits per heavy atom. The quantitative estimate of drug-likeness (QED) is 0.0420. The molecule has 4 heteroatoms. The van der Waals surface area contributed by atoms with E-state index in [0.717, 1.165) is 64.2 Å². The number of hydrogen-bond acceptors (Lipinski definition) is 3. The largest absolute Gasteiger partial charge is 0.394 e. The molecule has 0 aromatic carbocycles. The summed E-state index contributed by atoms with van der Waals surface area (Å²) in [5, 5.41) is 23.2. The van der Waals surface area contributed by atoms with Crippen molar-refractivity contribution < 1.29 is 15.0 Å². The number of nitrogens with one attached hydrogen (secondary N) is 1. The highest BCUT2D eigenvalue weighted by Crippen LogP contribution is 2.18. The van der Waals surface area contributed by atoms with Crippen LogP contribution in [0.1, 0.15) is 335 Å². The molecular formula is C70H127NO3. The average molecular weight is 1030 g/mol. The highest BCUT2D eigenvalue weighted by Gasteiger charge is 2.18. The Balaban J connectivity index is 3.44. The molecule has 74 heavy (non-hydrogen) atoms. The molecule has 1 amide bonds. The number of carbonyl (C=O) groups is 1. The van der Waals surface area contributed by atoms with Gasteiger partial charge < -0.3 is 15.5 Å². The van der Waals surface area contributed by atoms with Gasteiger partial charge in [0.25, 0.3) is 0 Å². The maximum atomic E-state index is 12.5. The lowest BCUT2D eigenvalue weighted by atomic mass is 10.0. The molecule has 0 bridgehead atoms. The summed E-state index contributed by atoms with van der Waals surface area (Å²) in [6.45, 7) is 4.22. The van der Waals surface area contributed by atoms with Gasteiger partial charge in [-0.05, 0) is 70.6 Å². The number of unbranched alkanes of at least 4 members (excludes halogenated alkanes) is 41. The summed E-state index contributed by atoms with van der Waals surface area (Å²) in [5.74, 6) is -0.0592. The van der Waals surface area contributed by atoms with Gasteiger partial charge in [0, 0.05) is 6.42 Å². The van der Waals surface area contributed by atoms with Crippen molar-refractivity contribution >= 4 is 5.91 Å². The highest BCUT2D eigenvalue weighted by atomic mass is 16.3. The molecule has 3 N–H and O–H groups in total. The van der Waals surface area contributed by atoms with E-state index in [2.05, 4.69) is 92.1 Å².